The van der Waals surface area contributed by atoms with Crippen LogP contribution in [0.2, 0.25) is 0 Å². The van der Waals surface area contributed by atoms with Crippen molar-refractivity contribution in [3.63, 3.8) is 0 Å². The van der Waals surface area contributed by atoms with E-state index in [2.05, 4.69) is 11.8 Å². The molecule has 0 bridgehead atoms. The quantitative estimate of drug-likeness (QED) is 0.852. The molecule has 5 heteroatoms. The van der Waals surface area contributed by atoms with Crippen LogP contribution in [-0.2, 0) is 4.74 Å². The van der Waals surface area contributed by atoms with Gasteiger partial charge >= 0.3 is 0 Å². The van der Waals surface area contributed by atoms with Gasteiger partial charge < -0.3 is 19.3 Å². The van der Waals surface area contributed by atoms with E-state index in [4.69, 9.17) is 14.2 Å². The van der Waals surface area contributed by atoms with Gasteiger partial charge in [-0.05, 0) is 50.3 Å². The van der Waals surface area contributed by atoms with E-state index >= 15 is 0 Å². The fraction of sp³-hybridized carbons (Fsp3) is 0.700. The highest BCUT2D eigenvalue weighted by atomic mass is 16.5. The van der Waals surface area contributed by atoms with Crippen molar-refractivity contribution < 1.29 is 19.3 Å². The molecule has 25 heavy (non-hydrogen) atoms. The van der Waals surface area contributed by atoms with Gasteiger partial charge in [0.05, 0.1) is 26.4 Å². The van der Waals surface area contributed by atoms with Gasteiger partial charge in [0.2, 0.25) is 0 Å². The van der Waals surface area contributed by atoms with Crippen molar-refractivity contribution in [1.29, 1.82) is 0 Å². The molecule has 1 aliphatic heterocycles. The number of rotatable bonds is 6. The molecule has 1 aliphatic carbocycles. The third-order valence-corrected chi connectivity index (χ3v) is 5.61. The summed E-state index contributed by atoms with van der Waals surface area (Å²) in [4.78, 5) is 2.26. The number of aliphatic hydroxyl groups is 1. The molecule has 2 aliphatic rings. The predicted molar refractivity (Wildman–Crippen MR) is 97.0 cm³/mol. The molecule has 1 aromatic carbocycles. The van der Waals surface area contributed by atoms with Gasteiger partial charge in [-0.15, -0.1) is 0 Å². The van der Waals surface area contributed by atoms with Crippen LogP contribution in [0, 0.1) is 0 Å². The Morgan fingerprint density at radius 1 is 1.04 bits per heavy atom. The molecule has 0 aromatic heterocycles. The number of aliphatic hydroxyl groups excluding tert-OH is 1. The van der Waals surface area contributed by atoms with Crippen molar-refractivity contribution >= 4 is 0 Å². The summed E-state index contributed by atoms with van der Waals surface area (Å²) in [6, 6.07) is 6.28. The Kier molecular flexibility index (Phi) is 6.20. The lowest BCUT2D eigenvalue weighted by atomic mass is 9.91. The van der Waals surface area contributed by atoms with Gasteiger partial charge in [0.25, 0.3) is 0 Å². The maximum Gasteiger partial charge on any atom is 0.161 e. The minimum Gasteiger partial charge on any atom is -0.493 e. The van der Waals surface area contributed by atoms with E-state index in [9.17, 15) is 5.11 Å². The number of hydrogen-bond donors (Lipinski definition) is 1. The standard InChI is InChI=1S/C20H31NO4/c1-14(15-10-11-18(23-2)19(13-15)24-3)25-17-8-5-4-7-16(17)21-12-6-9-20(21)22/h10-11,13-14,16-17,20,22H,4-9,12H2,1-3H3/t14-,16-,17-,20+/m0/s1. The summed E-state index contributed by atoms with van der Waals surface area (Å²) in [5, 5.41) is 10.3. The van der Waals surface area contributed by atoms with E-state index in [1.807, 2.05) is 18.2 Å². The van der Waals surface area contributed by atoms with E-state index < -0.39 is 0 Å². The fourth-order valence-corrected chi connectivity index (χ4v) is 4.22. The first kappa shape index (κ1) is 18.5. The average Bonchev–Trinajstić information content (AvgIpc) is 3.07. The summed E-state index contributed by atoms with van der Waals surface area (Å²) in [5.74, 6) is 1.46. The minimum atomic E-state index is -0.300. The Morgan fingerprint density at radius 3 is 2.48 bits per heavy atom. The molecule has 1 heterocycles. The molecule has 1 saturated heterocycles. The van der Waals surface area contributed by atoms with Crippen LogP contribution in [-0.4, -0.2) is 49.1 Å². The lowest BCUT2D eigenvalue weighted by Gasteiger charge is -2.40. The first-order chi connectivity index (χ1) is 12.1. The summed E-state index contributed by atoms with van der Waals surface area (Å²) < 4.78 is 17.2. The fourth-order valence-electron chi connectivity index (χ4n) is 4.22. The first-order valence-corrected chi connectivity index (χ1v) is 9.45. The van der Waals surface area contributed by atoms with Crippen molar-refractivity contribution in [3.8, 4) is 11.5 Å². The number of hydrogen-bond acceptors (Lipinski definition) is 5. The topological polar surface area (TPSA) is 51.2 Å². The molecule has 1 N–H and O–H groups in total. The minimum absolute atomic E-state index is 0.0230. The van der Waals surface area contributed by atoms with Crippen LogP contribution in [0.1, 0.15) is 57.1 Å². The monoisotopic (exact) mass is 349 g/mol. The zero-order chi connectivity index (χ0) is 17.8. The summed E-state index contributed by atoms with van der Waals surface area (Å²) in [6.45, 7) is 3.07. The Bertz CT molecular complexity index is 565. The third kappa shape index (κ3) is 4.10. The molecule has 4 atom stereocenters. The summed E-state index contributed by atoms with van der Waals surface area (Å²) in [7, 11) is 3.30. The molecule has 0 amide bonds. The van der Waals surface area contributed by atoms with Crippen molar-refractivity contribution in [2.75, 3.05) is 20.8 Å². The normalized spacial score (nSPS) is 28.7. The lowest BCUT2D eigenvalue weighted by molar-refractivity contribution is -0.100. The van der Waals surface area contributed by atoms with Gasteiger partial charge in [-0.3, -0.25) is 4.90 Å². The second-order valence-corrected chi connectivity index (χ2v) is 7.14. The summed E-state index contributed by atoms with van der Waals surface area (Å²) >= 11 is 0. The van der Waals surface area contributed by atoms with Crippen LogP contribution in [0.4, 0.5) is 0 Å². The molecule has 5 nitrogen and oxygen atoms in total. The van der Waals surface area contributed by atoms with Gasteiger partial charge in [0.15, 0.2) is 11.5 Å². The Balaban J connectivity index is 1.70. The molecule has 0 radical (unpaired) electrons. The molecular formula is C20H31NO4. The second-order valence-electron chi connectivity index (χ2n) is 7.14. The first-order valence-electron chi connectivity index (χ1n) is 9.45. The molecule has 3 rings (SSSR count). The largest absolute Gasteiger partial charge is 0.493 e. The van der Waals surface area contributed by atoms with E-state index in [0.29, 0.717) is 6.04 Å². The van der Waals surface area contributed by atoms with E-state index in [0.717, 1.165) is 49.3 Å². The van der Waals surface area contributed by atoms with Crippen LogP contribution < -0.4 is 9.47 Å². The van der Waals surface area contributed by atoms with Crippen molar-refractivity contribution in [2.45, 2.75) is 69.9 Å². The molecule has 1 saturated carbocycles. The van der Waals surface area contributed by atoms with Crippen LogP contribution in [0.5, 0.6) is 11.5 Å². The van der Waals surface area contributed by atoms with Gasteiger partial charge in [-0.25, -0.2) is 0 Å². The van der Waals surface area contributed by atoms with E-state index in [1.165, 1.54) is 12.8 Å². The van der Waals surface area contributed by atoms with Crippen molar-refractivity contribution in [2.24, 2.45) is 0 Å². The zero-order valence-corrected chi connectivity index (χ0v) is 15.6. The molecule has 0 spiro atoms. The molecule has 1 aromatic rings. The van der Waals surface area contributed by atoms with Gasteiger partial charge in [-0.1, -0.05) is 18.9 Å². The molecular weight excluding hydrogens is 318 g/mol. The Hall–Kier alpha value is -1.30. The van der Waals surface area contributed by atoms with E-state index in [-0.39, 0.29) is 18.4 Å². The zero-order valence-electron chi connectivity index (χ0n) is 15.6. The summed E-state index contributed by atoms with van der Waals surface area (Å²) in [6.07, 6.45) is 6.40. The number of likely N-dealkylation sites (tertiary alicyclic amines) is 1. The van der Waals surface area contributed by atoms with Crippen LogP contribution in [0.3, 0.4) is 0 Å². The summed E-state index contributed by atoms with van der Waals surface area (Å²) in [5.41, 5.74) is 1.09. The van der Waals surface area contributed by atoms with Crippen LogP contribution in [0.15, 0.2) is 18.2 Å². The predicted octanol–water partition coefficient (Wildman–Crippen LogP) is 3.51. The highest BCUT2D eigenvalue weighted by Crippen LogP contribution is 2.35. The maximum absolute atomic E-state index is 10.3. The van der Waals surface area contributed by atoms with Gasteiger partial charge in [-0.2, -0.15) is 0 Å². The molecule has 140 valence electrons. The maximum atomic E-state index is 10.3. The SMILES string of the molecule is COc1ccc([C@H](C)O[C@H]2CCCC[C@@H]2N2CCC[C@H]2O)cc1OC. The Labute approximate surface area is 150 Å². The second kappa shape index (κ2) is 8.39. The molecule has 0 unspecified atom stereocenters. The van der Waals surface area contributed by atoms with Crippen LogP contribution in [0.25, 0.3) is 0 Å². The highest BCUT2D eigenvalue weighted by Gasteiger charge is 2.37. The van der Waals surface area contributed by atoms with Crippen molar-refractivity contribution in [1.82, 2.24) is 4.90 Å². The molecule has 2 fully saturated rings. The Morgan fingerprint density at radius 2 is 1.80 bits per heavy atom. The third-order valence-electron chi connectivity index (χ3n) is 5.61. The van der Waals surface area contributed by atoms with Gasteiger partial charge in [0, 0.05) is 12.6 Å². The number of nitrogens with zero attached hydrogens (tertiary/aromatic N) is 1. The number of ether oxygens (including phenoxy) is 3. The lowest BCUT2D eigenvalue weighted by Crippen LogP contribution is -2.48. The smallest absolute Gasteiger partial charge is 0.161 e. The van der Waals surface area contributed by atoms with E-state index in [1.54, 1.807) is 14.2 Å². The van der Waals surface area contributed by atoms with Gasteiger partial charge in [0.1, 0.15) is 6.23 Å². The average molecular weight is 349 g/mol. The highest BCUT2D eigenvalue weighted by molar-refractivity contribution is 5.43. The van der Waals surface area contributed by atoms with Crippen LogP contribution >= 0.6 is 0 Å². The van der Waals surface area contributed by atoms with Crippen molar-refractivity contribution in [3.05, 3.63) is 23.8 Å². The number of benzene rings is 1. The number of methoxy groups -OCH3 is 2.